The number of hydrogen-bond acceptors (Lipinski definition) is 4. The van der Waals surface area contributed by atoms with Crippen molar-refractivity contribution in [3.05, 3.63) is 28.8 Å². The van der Waals surface area contributed by atoms with Crippen molar-refractivity contribution in [1.29, 1.82) is 0 Å². The molecule has 0 saturated carbocycles. The van der Waals surface area contributed by atoms with E-state index in [1.165, 1.54) is 0 Å². The van der Waals surface area contributed by atoms with Crippen LogP contribution in [0.25, 0.3) is 0 Å². The summed E-state index contributed by atoms with van der Waals surface area (Å²) >= 11 is 6.09. The maximum absolute atomic E-state index is 11.4. The maximum atomic E-state index is 11.4. The number of halogens is 1. The van der Waals surface area contributed by atoms with Gasteiger partial charge in [-0.05, 0) is 13.1 Å². The average Bonchev–Trinajstić information content (AvgIpc) is 2.70. The number of carbonyl (C=O) groups is 1. The van der Waals surface area contributed by atoms with E-state index in [0.717, 1.165) is 5.56 Å². The van der Waals surface area contributed by atoms with Gasteiger partial charge in [-0.15, -0.1) is 0 Å². The third-order valence-electron chi connectivity index (χ3n) is 2.56. The largest absolute Gasteiger partial charge is 0.477 e. The van der Waals surface area contributed by atoms with Gasteiger partial charge in [0.15, 0.2) is 6.10 Å². The number of cyclic esters (lactones) is 1. The van der Waals surface area contributed by atoms with Crippen LogP contribution in [0.1, 0.15) is 12.0 Å². The molecular formula is C12H14ClNO3. The van der Waals surface area contributed by atoms with Gasteiger partial charge in [0.05, 0.1) is 11.6 Å². The molecule has 1 aliphatic rings. The molecule has 5 heteroatoms. The van der Waals surface area contributed by atoms with Gasteiger partial charge >= 0.3 is 5.97 Å². The molecule has 1 saturated heterocycles. The summed E-state index contributed by atoms with van der Waals surface area (Å²) in [5, 5.41) is 3.54. The Morgan fingerprint density at radius 1 is 1.59 bits per heavy atom. The number of para-hydroxylation sites is 1. The van der Waals surface area contributed by atoms with E-state index in [2.05, 4.69) is 5.32 Å². The fourth-order valence-electron chi connectivity index (χ4n) is 1.74. The molecule has 1 unspecified atom stereocenters. The highest BCUT2D eigenvalue weighted by molar-refractivity contribution is 6.32. The molecule has 1 atom stereocenters. The highest BCUT2D eigenvalue weighted by Gasteiger charge is 2.29. The smallest absolute Gasteiger partial charge is 0.347 e. The van der Waals surface area contributed by atoms with Gasteiger partial charge in [-0.2, -0.15) is 0 Å². The minimum Gasteiger partial charge on any atom is -0.477 e. The first-order valence-electron chi connectivity index (χ1n) is 5.47. The normalized spacial score (nSPS) is 19.2. The second-order valence-corrected chi connectivity index (χ2v) is 4.23. The van der Waals surface area contributed by atoms with Crippen LogP contribution in [0.3, 0.4) is 0 Å². The van der Waals surface area contributed by atoms with Crippen molar-refractivity contribution in [2.45, 2.75) is 19.1 Å². The van der Waals surface area contributed by atoms with Crippen LogP contribution in [-0.2, 0) is 16.1 Å². The lowest BCUT2D eigenvalue weighted by molar-refractivity contribution is -0.143. The summed E-state index contributed by atoms with van der Waals surface area (Å²) in [5.41, 5.74) is 0.930. The quantitative estimate of drug-likeness (QED) is 0.833. The summed E-state index contributed by atoms with van der Waals surface area (Å²) in [4.78, 5) is 11.4. The second-order valence-electron chi connectivity index (χ2n) is 3.82. The Kier molecular flexibility index (Phi) is 3.86. The number of carbonyl (C=O) groups excluding carboxylic acids is 1. The van der Waals surface area contributed by atoms with E-state index < -0.39 is 6.10 Å². The van der Waals surface area contributed by atoms with Crippen LogP contribution < -0.4 is 10.1 Å². The maximum Gasteiger partial charge on any atom is 0.347 e. The molecule has 0 spiro atoms. The van der Waals surface area contributed by atoms with Gasteiger partial charge in [-0.25, -0.2) is 4.79 Å². The van der Waals surface area contributed by atoms with Gasteiger partial charge in [0.2, 0.25) is 0 Å². The highest BCUT2D eigenvalue weighted by Crippen LogP contribution is 2.30. The van der Waals surface area contributed by atoms with Crippen molar-refractivity contribution in [3.8, 4) is 5.75 Å². The Bertz CT molecular complexity index is 422. The molecule has 1 aromatic rings. The first-order chi connectivity index (χ1) is 8.22. The van der Waals surface area contributed by atoms with Crippen LogP contribution in [0.5, 0.6) is 5.75 Å². The molecule has 1 heterocycles. The van der Waals surface area contributed by atoms with Crippen LogP contribution in [0.4, 0.5) is 0 Å². The van der Waals surface area contributed by atoms with Gasteiger partial charge in [0.1, 0.15) is 5.75 Å². The predicted molar refractivity (Wildman–Crippen MR) is 64.2 cm³/mol. The topological polar surface area (TPSA) is 47.6 Å². The molecule has 1 fully saturated rings. The monoisotopic (exact) mass is 255 g/mol. The van der Waals surface area contributed by atoms with Crippen molar-refractivity contribution >= 4 is 17.6 Å². The number of esters is 1. The van der Waals surface area contributed by atoms with Gasteiger partial charge in [0, 0.05) is 18.5 Å². The van der Waals surface area contributed by atoms with E-state index in [-0.39, 0.29) is 5.97 Å². The van der Waals surface area contributed by atoms with Crippen molar-refractivity contribution in [3.63, 3.8) is 0 Å². The molecular weight excluding hydrogens is 242 g/mol. The van der Waals surface area contributed by atoms with Crippen molar-refractivity contribution in [2.75, 3.05) is 13.7 Å². The second kappa shape index (κ2) is 5.38. The van der Waals surface area contributed by atoms with E-state index in [1.54, 1.807) is 6.07 Å². The Hall–Kier alpha value is -1.26. The average molecular weight is 256 g/mol. The lowest BCUT2D eigenvalue weighted by Gasteiger charge is -2.15. The van der Waals surface area contributed by atoms with E-state index in [0.29, 0.717) is 30.3 Å². The fourth-order valence-corrected chi connectivity index (χ4v) is 1.98. The molecule has 17 heavy (non-hydrogen) atoms. The van der Waals surface area contributed by atoms with Crippen LogP contribution in [0.15, 0.2) is 18.2 Å². The Morgan fingerprint density at radius 3 is 3.06 bits per heavy atom. The van der Waals surface area contributed by atoms with Crippen LogP contribution in [0.2, 0.25) is 5.02 Å². The number of rotatable bonds is 4. The van der Waals surface area contributed by atoms with Gasteiger partial charge in [-0.1, -0.05) is 23.7 Å². The van der Waals surface area contributed by atoms with Crippen LogP contribution in [0, 0.1) is 0 Å². The predicted octanol–water partition coefficient (Wildman–Crippen LogP) is 1.75. The summed E-state index contributed by atoms with van der Waals surface area (Å²) in [6.45, 7) is 1.05. The van der Waals surface area contributed by atoms with Gasteiger partial charge in [0.25, 0.3) is 0 Å². The molecule has 1 N–H and O–H groups in total. The minimum atomic E-state index is -0.537. The molecule has 92 valence electrons. The lowest BCUT2D eigenvalue weighted by atomic mass is 10.2. The SMILES string of the molecule is CNCc1cccc(Cl)c1OC1CCOC1=O. The molecule has 4 nitrogen and oxygen atoms in total. The molecule has 0 radical (unpaired) electrons. The molecule has 2 rings (SSSR count). The molecule has 0 aromatic heterocycles. The van der Waals surface area contributed by atoms with E-state index in [9.17, 15) is 4.79 Å². The third kappa shape index (κ3) is 2.70. The minimum absolute atomic E-state index is 0.319. The zero-order valence-corrected chi connectivity index (χ0v) is 10.3. The van der Waals surface area contributed by atoms with Crippen molar-refractivity contribution < 1.29 is 14.3 Å². The number of benzene rings is 1. The summed E-state index contributed by atoms with van der Waals surface area (Å²) in [5.74, 6) is 0.243. The van der Waals surface area contributed by atoms with Gasteiger partial charge in [-0.3, -0.25) is 0 Å². The fraction of sp³-hybridized carbons (Fsp3) is 0.417. The third-order valence-corrected chi connectivity index (χ3v) is 2.86. The Morgan fingerprint density at radius 2 is 2.41 bits per heavy atom. The van der Waals surface area contributed by atoms with Crippen LogP contribution >= 0.6 is 11.6 Å². The molecule has 1 aliphatic heterocycles. The first-order valence-corrected chi connectivity index (χ1v) is 5.85. The zero-order chi connectivity index (χ0) is 12.3. The summed E-state index contributed by atoms with van der Waals surface area (Å²) in [6, 6.07) is 5.52. The molecule has 0 aliphatic carbocycles. The van der Waals surface area contributed by atoms with E-state index in [1.807, 2.05) is 19.2 Å². The summed E-state index contributed by atoms with van der Waals surface area (Å²) in [6.07, 6.45) is 0.0359. The van der Waals surface area contributed by atoms with Crippen molar-refractivity contribution in [1.82, 2.24) is 5.32 Å². The van der Waals surface area contributed by atoms with Gasteiger partial charge < -0.3 is 14.8 Å². The summed E-state index contributed by atoms with van der Waals surface area (Å²) < 4.78 is 10.5. The van der Waals surface area contributed by atoms with Crippen molar-refractivity contribution in [2.24, 2.45) is 0 Å². The molecule has 1 aromatic carbocycles. The first kappa shape index (κ1) is 12.2. The molecule has 0 amide bonds. The zero-order valence-electron chi connectivity index (χ0n) is 9.53. The van der Waals surface area contributed by atoms with E-state index >= 15 is 0 Å². The Balaban J connectivity index is 2.21. The number of hydrogen-bond donors (Lipinski definition) is 1. The Labute approximate surface area is 105 Å². The number of nitrogens with one attached hydrogen (secondary N) is 1. The van der Waals surface area contributed by atoms with E-state index in [4.69, 9.17) is 21.1 Å². The standard InChI is InChI=1S/C12H14ClNO3/c1-14-7-8-3-2-4-9(13)11(8)17-10-5-6-16-12(10)15/h2-4,10,14H,5-7H2,1H3. The summed E-state index contributed by atoms with van der Waals surface area (Å²) in [7, 11) is 1.84. The van der Waals surface area contributed by atoms with Crippen LogP contribution in [-0.4, -0.2) is 25.7 Å². The lowest BCUT2D eigenvalue weighted by Crippen LogP contribution is -2.23. The molecule has 0 bridgehead atoms. The number of ether oxygens (including phenoxy) is 2. The highest BCUT2D eigenvalue weighted by atomic mass is 35.5.